The van der Waals surface area contributed by atoms with Gasteiger partial charge < -0.3 is 10.6 Å². The zero-order valence-corrected chi connectivity index (χ0v) is 20.6. The normalized spacial score (nSPS) is 16.6. The van der Waals surface area contributed by atoms with Crippen LogP contribution >= 0.6 is 0 Å². The molecule has 7 heteroatoms. The lowest BCUT2D eigenvalue weighted by atomic mass is 9.89. The molecule has 4 aromatic rings. The number of hydrogen-bond donors (Lipinski definition) is 1. The molecule has 0 radical (unpaired) electrons. The van der Waals surface area contributed by atoms with Crippen molar-refractivity contribution in [2.24, 2.45) is 5.73 Å². The second kappa shape index (κ2) is 9.23. The first-order valence-electron chi connectivity index (χ1n) is 12.3. The van der Waals surface area contributed by atoms with Crippen molar-refractivity contribution in [1.29, 1.82) is 0 Å². The molecule has 1 amide bonds. The van der Waals surface area contributed by atoms with E-state index in [1.54, 1.807) is 10.7 Å². The number of amides is 1. The maximum Gasteiger partial charge on any atom is 0.254 e. The smallest absolute Gasteiger partial charge is 0.254 e. The minimum Gasteiger partial charge on any atom is -0.334 e. The van der Waals surface area contributed by atoms with Gasteiger partial charge in [-0.1, -0.05) is 51.1 Å². The van der Waals surface area contributed by atoms with Crippen LogP contribution in [0.1, 0.15) is 56.1 Å². The lowest BCUT2D eigenvalue weighted by Gasteiger charge is -2.35. The molecule has 1 fully saturated rings. The van der Waals surface area contributed by atoms with Gasteiger partial charge in [-0.2, -0.15) is 5.10 Å². The van der Waals surface area contributed by atoms with E-state index in [-0.39, 0.29) is 17.4 Å². The highest BCUT2D eigenvalue weighted by molar-refractivity contribution is 5.96. The largest absolute Gasteiger partial charge is 0.334 e. The van der Waals surface area contributed by atoms with Gasteiger partial charge >= 0.3 is 0 Å². The summed E-state index contributed by atoms with van der Waals surface area (Å²) in [6.07, 6.45) is 6.76. The van der Waals surface area contributed by atoms with Crippen LogP contribution < -0.4 is 5.73 Å². The van der Waals surface area contributed by atoms with Crippen molar-refractivity contribution in [3.05, 3.63) is 72.2 Å². The molecule has 0 unspecified atom stereocenters. The molecule has 0 aliphatic carbocycles. The van der Waals surface area contributed by atoms with E-state index in [1.807, 2.05) is 59.6 Å². The number of carbonyl (C=O) groups is 1. The zero-order chi connectivity index (χ0) is 24.6. The van der Waals surface area contributed by atoms with Crippen LogP contribution in [0, 0.1) is 0 Å². The van der Waals surface area contributed by atoms with E-state index >= 15 is 0 Å². The fraction of sp³-hybridized carbons (Fsp3) is 0.357. The van der Waals surface area contributed by atoms with Crippen molar-refractivity contribution in [2.45, 2.75) is 51.5 Å². The van der Waals surface area contributed by atoms with Crippen molar-refractivity contribution in [1.82, 2.24) is 24.5 Å². The Bertz CT molecular complexity index is 1360. The predicted octanol–water partition coefficient (Wildman–Crippen LogP) is 4.71. The summed E-state index contributed by atoms with van der Waals surface area (Å²) in [6, 6.07) is 15.9. The summed E-state index contributed by atoms with van der Waals surface area (Å²) < 4.78 is 1.75. The van der Waals surface area contributed by atoms with Crippen molar-refractivity contribution >= 4 is 11.6 Å². The number of nitrogens with two attached hydrogens (primary N) is 1. The van der Waals surface area contributed by atoms with E-state index in [1.165, 1.54) is 0 Å². The highest BCUT2D eigenvalue weighted by Gasteiger charge is 2.29. The van der Waals surface area contributed by atoms with Crippen LogP contribution in [0.2, 0.25) is 0 Å². The van der Waals surface area contributed by atoms with Crippen LogP contribution in [-0.2, 0) is 5.41 Å². The van der Waals surface area contributed by atoms with Crippen LogP contribution in [0.4, 0.5) is 0 Å². The summed E-state index contributed by atoms with van der Waals surface area (Å²) >= 11 is 0. The highest BCUT2D eigenvalue weighted by Crippen LogP contribution is 2.30. The Labute approximate surface area is 206 Å². The summed E-state index contributed by atoms with van der Waals surface area (Å²) in [4.78, 5) is 25.5. The van der Waals surface area contributed by atoms with E-state index in [0.29, 0.717) is 23.4 Å². The molecule has 3 aromatic heterocycles. The van der Waals surface area contributed by atoms with Crippen LogP contribution in [0.5, 0.6) is 0 Å². The summed E-state index contributed by atoms with van der Waals surface area (Å²) in [6.45, 7) is 7.55. The molecule has 35 heavy (non-hydrogen) atoms. The summed E-state index contributed by atoms with van der Waals surface area (Å²) in [7, 11) is 0. The molecule has 1 saturated heterocycles. The standard InChI is InChI=1S/C28H32N6O/c1-28(2,3)25-16-20(27(35)33-13-8-7-11-21(33)17-29)15-24(31-25)22-18-30-34-14-12-23(32-26(22)34)19-9-5-4-6-10-19/h4-6,9-10,12,14-16,18,21H,7-8,11,13,17,29H2,1-3H3/t21-/m1/s1. The van der Waals surface area contributed by atoms with Crippen molar-refractivity contribution in [2.75, 3.05) is 13.1 Å². The second-order valence-corrected chi connectivity index (χ2v) is 10.3. The number of benzene rings is 1. The zero-order valence-electron chi connectivity index (χ0n) is 20.6. The van der Waals surface area contributed by atoms with Gasteiger partial charge in [0, 0.05) is 47.6 Å². The lowest BCUT2D eigenvalue weighted by molar-refractivity contribution is 0.0623. The monoisotopic (exact) mass is 468 g/mol. The number of piperidine rings is 1. The first-order valence-corrected chi connectivity index (χ1v) is 12.3. The number of nitrogens with zero attached hydrogens (tertiary/aromatic N) is 5. The molecule has 1 aliphatic heterocycles. The Balaban J connectivity index is 1.62. The Morgan fingerprint density at radius 3 is 2.60 bits per heavy atom. The average Bonchev–Trinajstić information content (AvgIpc) is 3.31. The highest BCUT2D eigenvalue weighted by atomic mass is 16.2. The van der Waals surface area contributed by atoms with Crippen molar-refractivity contribution in [3.8, 4) is 22.5 Å². The third-order valence-corrected chi connectivity index (χ3v) is 6.72. The second-order valence-electron chi connectivity index (χ2n) is 10.3. The van der Waals surface area contributed by atoms with Gasteiger partial charge in [0.2, 0.25) is 0 Å². The van der Waals surface area contributed by atoms with E-state index in [2.05, 4.69) is 25.9 Å². The minimum absolute atomic E-state index is 0.0173. The van der Waals surface area contributed by atoms with Gasteiger partial charge in [0.05, 0.1) is 23.1 Å². The molecule has 1 aromatic carbocycles. The molecule has 1 atom stereocenters. The Hall–Kier alpha value is -3.58. The molecule has 1 aliphatic rings. The number of hydrogen-bond acceptors (Lipinski definition) is 5. The molecule has 5 rings (SSSR count). The molecule has 2 N–H and O–H groups in total. The van der Waals surface area contributed by atoms with Gasteiger partial charge in [0.1, 0.15) is 0 Å². The Morgan fingerprint density at radius 2 is 1.86 bits per heavy atom. The fourth-order valence-electron chi connectivity index (χ4n) is 4.67. The van der Waals surface area contributed by atoms with Gasteiger partial charge in [0.15, 0.2) is 5.65 Å². The fourth-order valence-corrected chi connectivity index (χ4v) is 4.67. The number of fused-ring (bicyclic) bond motifs is 1. The lowest BCUT2D eigenvalue weighted by Crippen LogP contribution is -2.47. The molecular weight excluding hydrogens is 436 g/mol. The summed E-state index contributed by atoms with van der Waals surface area (Å²) in [5.74, 6) is 0.0173. The van der Waals surface area contributed by atoms with Gasteiger partial charge in [-0.05, 0) is 37.5 Å². The number of carbonyl (C=O) groups excluding carboxylic acids is 1. The first kappa shape index (κ1) is 23.2. The third-order valence-electron chi connectivity index (χ3n) is 6.72. The maximum absolute atomic E-state index is 13.7. The average molecular weight is 469 g/mol. The molecular formula is C28H32N6O. The van der Waals surface area contributed by atoms with Gasteiger partial charge in [-0.25, -0.2) is 9.50 Å². The molecule has 4 heterocycles. The number of rotatable bonds is 4. The Kier molecular flexibility index (Phi) is 6.11. The number of pyridine rings is 1. The van der Waals surface area contributed by atoms with Crippen molar-refractivity contribution < 1.29 is 4.79 Å². The number of likely N-dealkylation sites (tertiary alicyclic amines) is 1. The molecule has 0 spiro atoms. The Morgan fingerprint density at radius 1 is 1.06 bits per heavy atom. The van der Waals surface area contributed by atoms with E-state index in [4.69, 9.17) is 15.7 Å². The van der Waals surface area contributed by atoms with Gasteiger partial charge in [0.25, 0.3) is 5.91 Å². The first-order chi connectivity index (χ1) is 16.8. The van der Waals surface area contributed by atoms with Gasteiger partial charge in [-0.3, -0.25) is 9.78 Å². The van der Waals surface area contributed by atoms with Crippen LogP contribution in [0.25, 0.3) is 28.2 Å². The van der Waals surface area contributed by atoms with E-state index < -0.39 is 0 Å². The van der Waals surface area contributed by atoms with E-state index in [0.717, 1.165) is 48.3 Å². The number of aromatic nitrogens is 4. The quantitative estimate of drug-likeness (QED) is 0.469. The molecule has 0 saturated carbocycles. The van der Waals surface area contributed by atoms with Crippen LogP contribution in [-0.4, -0.2) is 49.5 Å². The van der Waals surface area contributed by atoms with E-state index in [9.17, 15) is 4.79 Å². The topological polar surface area (TPSA) is 89.4 Å². The molecule has 7 nitrogen and oxygen atoms in total. The summed E-state index contributed by atoms with van der Waals surface area (Å²) in [5, 5.41) is 4.51. The SMILES string of the molecule is CC(C)(C)c1cc(C(=O)N2CCCC[C@@H]2CN)cc(-c2cnn3ccc(-c4ccccc4)nc23)n1. The van der Waals surface area contributed by atoms with Crippen LogP contribution in [0.3, 0.4) is 0 Å². The predicted molar refractivity (Wildman–Crippen MR) is 138 cm³/mol. The van der Waals surface area contributed by atoms with Crippen molar-refractivity contribution in [3.63, 3.8) is 0 Å². The minimum atomic E-state index is -0.230. The molecule has 180 valence electrons. The summed E-state index contributed by atoms with van der Waals surface area (Å²) in [5.41, 5.74) is 11.4. The van der Waals surface area contributed by atoms with Gasteiger partial charge in [-0.15, -0.1) is 0 Å². The maximum atomic E-state index is 13.7. The molecule has 0 bridgehead atoms. The van der Waals surface area contributed by atoms with Crippen LogP contribution in [0.15, 0.2) is 60.9 Å². The third kappa shape index (κ3) is 4.56.